The Morgan fingerprint density at radius 2 is 1.81 bits per heavy atom. The van der Waals surface area contributed by atoms with E-state index < -0.39 is 5.54 Å². The van der Waals surface area contributed by atoms with E-state index in [4.69, 9.17) is 4.52 Å². The summed E-state index contributed by atoms with van der Waals surface area (Å²) in [4.78, 5) is 28.5. The number of rotatable bonds is 7. The lowest BCUT2D eigenvalue weighted by molar-refractivity contribution is -0.131. The highest BCUT2D eigenvalue weighted by molar-refractivity contribution is 5.99. The van der Waals surface area contributed by atoms with E-state index in [9.17, 15) is 9.59 Å². The molecule has 3 aromatic rings. The molecule has 31 heavy (non-hydrogen) atoms. The van der Waals surface area contributed by atoms with Gasteiger partial charge in [-0.1, -0.05) is 60.6 Å². The molecule has 1 aromatic heterocycles. The maximum atomic E-state index is 13.4. The molecular formula is C25H27N3O3. The topological polar surface area (TPSA) is 75.4 Å². The zero-order valence-corrected chi connectivity index (χ0v) is 17.7. The molecule has 1 unspecified atom stereocenters. The highest BCUT2D eigenvalue weighted by Gasteiger charge is 2.50. The van der Waals surface area contributed by atoms with Gasteiger partial charge in [-0.25, -0.2) is 0 Å². The van der Waals surface area contributed by atoms with Crippen LogP contribution in [0, 0.1) is 0 Å². The Balaban J connectivity index is 1.66. The summed E-state index contributed by atoms with van der Waals surface area (Å²) in [6.07, 6.45) is 2.47. The van der Waals surface area contributed by atoms with Gasteiger partial charge in [0.05, 0.1) is 0 Å². The molecular weight excluding hydrogens is 390 g/mol. The van der Waals surface area contributed by atoms with Crippen molar-refractivity contribution >= 4 is 11.8 Å². The van der Waals surface area contributed by atoms with Crippen molar-refractivity contribution in [3.8, 4) is 11.3 Å². The van der Waals surface area contributed by atoms with E-state index in [1.165, 1.54) is 0 Å². The van der Waals surface area contributed by atoms with Crippen molar-refractivity contribution in [2.75, 3.05) is 13.1 Å². The molecule has 0 saturated carbocycles. The zero-order valence-electron chi connectivity index (χ0n) is 17.7. The van der Waals surface area contributed by atoms with E-state index in [2.05, 4.69) is 10.5 Å². The second-order valence-corrected chi connectivity index (χ2v) is 7.94. The number of aromatic nitrogens is 1. The van der Waals surface area contributed by atoms with E-state index in [0.29, 0.717) is 37.3 Å². The van der Waals surface area contributed by atoms with Gasteiger partial charge in [-0.15, -0.1) is 0 Å². The van der Waals surface area contributed by atoms with Gasteiger partial charge in [0.25, 0.3) is 5.91 Å². The minimum absolute atomic E-state index is 0.131. The van der Waals surface area contributed by atoms with E-state index >= 15 is 0 Å². The van der Waals surface area contributed by atoms with Crippen LogP contribution in [0.1, 0.15) is 42.3 Å². The van der Waals surface area contributed by atoms with Gasteiger partial charge in [0.2, 0.25) is 5.91 Å². The summed E-state index contributed by atoms with van der Waals surface area (Å²) in [5.41, 5.74) is 1.26. The minimum atomic E-state index is -0.990. The Bertz CT molecular complexity index is 1030. The third-order valence-electron chi connectivity index (χ3n) is 5.81. The molecule has 1 atom stereocenters. The molecule has 1 fully saturated rings. The molecule has 1 N–H and O–H groups in total. The molecule has 1 aliphatic heterocycles. The third kappa shape index (κ3) is 4.24. The van der Waals surface area contributed by atoms with Gasteiger partial charge in [-0.2, -0.15) is 0 Å². The molecule has 2 heterocycles. The Kier molecular flexibility index (Phi) is 6.16. The lowest BCUT2D eigenvalue weighted by atomic mass is 9.88. The van der Waals surface area contributed by atoms with Crippen LogP contribution in [0.2, 0.25) is 0 Å². The van der Waals surface area contributed by atoms with Crippen LogP contribution < -0.4 is 5.32 Å². The Labute approximate surface area is 182 Å². The normalized spacial score (nSPS) is 18.2. The third-order valence-corrected chi connectivity index (χ3v) is 5.81. The number of hydrogen-bond acceptors (Lipinski definition) is 4. The molecule has 160 valence electrons. The first-order valence-electron chi connectivity index (χ1n) is 10.8. The van der Waals surface area contributed by atoms with Gasteiger partial charge in [-0.05, 0) is 31.4 Å². The molecule has 0 spiro atoms. The maximum Gasteiger partial charge on any atom is 0.254 e. The monoisotopic (exact) mass is 417 g/mol. The minimum Gasteiger partial charge on any atom is -0.361 e. The molecule has 0 aliphatic carbocycles. The van der Waals surface area contributed by atoms with E-state index in [-0.39, 0.29) is 11.8 Å². The van der Waals surface area contributed by atoms with Crippen molar-refractivity contribution in [3.05, 3.63) is 78.1 Å². The van der Waals surface area contributed by atoms with Crippen molar-refractivity contribution in [3.63, 3.8) is 0 Å². The average Bonchev–Trinajstić information content (AvgIpc) is 3.46. The van der Waals surface area contributed by atoms with Crippen LogP contribution in [0.15, 0.2) is 71.3 Å². The van der Waals surface area contributed by atoms with Crippen LogP contribution in [-0.2, 0) is 11.2 Å². The van der Waals surface area contributed by atoms with Gasteiger partial charge in [0, 0.05) is 36.7 Å². The SMILES string of the molecule is CCCNC(=O)C1(Cc2cc(-c3ccccc3)no2)CCCN1C(=O)c1ccccc1. The summed E-state index contributed by atoms with van der Waals surface area (Å²) in [6, 6.07) is 20.8. The number of nitrogens with one attached hydrogen (secondary N) is 1. The van der Waals surface area contributed by atoms with E-state index in [1.807, 2.05) is 61.5 Å². The first-order chi connectivity index (χ1) is 15.1. The molecule has 1 saturated heterocycles. The summed E-state index contributed by atoms with van der Waals surface area (Å²) in [5, 5.41) is 7.21. The van der Waals surface area contributed by atoms with Gasteiger partial charge in [-0.3, -0.25) is 9.59 Å². The molecule has 4 rings (SSSR count). The van der Waals surface area contributed by atoms with Crippen LogP contribution >= 0.6 is 0 Å². The van der Waals surface area contributed by atoms with Gasteiger partial charge in [0.15, 0.2) is 0 Å². The lowest BCUT2D eigenvalue weighted by Crippen LogP contribution is -2.58. The fourth-order valence-corrected chi connectivity index (χ4v) is 4.24. The number of carbonyl (C=O) groups excluding carboxylic acids is 2. The Hall–Kier alpha value is -3.41. The fourth-order valence-electron chi connectivity index (χ4n) is 4.24. The van der Waals surface area contributed by atoms with Crippen LogP contribution in [0.5, 0.6) is 0 Å². The molecule has 2 aromatic carbocycles. The van der Waals surface area contributed by atoms with Crippen LogP contribution in [-0.4, -0.2) is 40.5 Å². The maximum absolute atomic E-state index is 13.4. The number of nitrogens with zero attached hydrogens (tertiary/aromatic N) is 2. The predicted octanol–water partition coefficient (Wildman–Crippen LogP) is 4.09. The molecule has 1 aliphatic rings. The summed E-state index contributed by atoms with van der Waals surface area (Å²) in [7, 11) is 0. The number of hydrogen-bond donors (Lipinski definition) is 1. The predicted molar refractivity (Wildman–Crippen MR) is 118 cm³/mol. The summed E-state index contributed by atoms with van der Waals surface area (Å²) in [6.45, 7) is 3.11. The number of amides is 2. The van der Waals surface area contributed by atoms with Gasteiger partial charge in [0.1, 0.15) is 17.0 Å². The highest BCUT2D eigenvalue weighted by atomic mass is 16.5. The van der Waals surface area contributed by atoms with Crippen molar-refractivity contribution < 1.29 is 14.1 Å². The summed E-state index contributed by atoms with van der Waals surface area (Å²) < 4.78 is 5.63. The second kappa shape index (κ2) is 9.16. The van der Waals surface area contributed by atoms with E-state index in [1.54, 1.807) is 17.0 Å². The smallest absolute Gasteiger partial charge is 0.254 e. The summed E-state index contributed by atoms with van der Waals surface area (Å²) in [5.74, 6) is 0.333. The quantitative estimate of drug-likeness (QED) is 0.628. The average molecular weight is 418 g/mol. The lowest BCUT2D eigenvalue weighted by Gasteiger charge is -2.36. The van der Waals surface area contributed by atoms with Crippen molar-refractivity contribution in [2.24, 2.45) is 0 Å². The Morgan fingerprint density at radius 3 is 2.52 bits per heavy atom. The first-order valence-corrected chi connectivity index (χ1v) is 10.8. The highest BCUT2D eigenvalue weighted by Crippen LogP contribution is 2.35. The largest absolute Gasteiger partial charge is 0.361 e. The number of likely N-dealkylation sites (tertiary alicyclic amines) is 1. The van der Waals surface area contributed by atoms with Crippen molar-refractivity contribution in [1.82, 2.24) is 15.4 Å². The number of benzene rings is 2. The van der Waals surface area contributed by atoms with Crippen LogP contribution in [0.4, 0.5) is 0 Å². The van der Waals surface area contributed by atoms with Crippen LogP contribution in [0.25, 0.3) is 11.3 Å². The second-order valence-electron chi connectivity index (χ2n) is 7.94. The van der Waals surface area contributed by atoms with Gasteiger partial charge < -0.3 is 14.7 Å². The van der Waals surface area contributed by atoms with Crippen molar-refractivity contribution in [2.45, 2.75) is 38.1 Å². The molecule has 2 amide bonds. The van der Waals surface area contributed by atoms with Gasteiger partial charge >= 0.3 is 0 Å². The standard InChI is InChI=1S/C25H27N3O3/c1-2-15-26-24(30)25(14-9-16-28(25)23(29)20-12-7-4-8-13-20)18-21-17-22(27-31-21)19-10-5-3-6-11-19/h3-8,10-13,17H,2,9,14-16,18H2,1H3,(H,26,30). The van der Waals surface area contributed by atoms with Crippen molar-refractivity contribution in [1.29, 1.82) is 0 Å². The molecule has 0 bridgehead atoms. The molecule has 6 nitrogen and oxygen atoms in total. The molecule has 6 heteroatoms. The fraction of sp³-hybridized carbons (Fsp3) is 0.320. The van der Waals surface area contributed by atoms with Crippen LogP contribution in [0.3, 0.4) is 0 Å². The Morgan fingerprint density at radius 1 is 1.10 bits per heavy atom. The first kappa shape index (κ1) is 20.8. The summed E-state index contributed by atoms with van der Waals surface area (Å²) >= 11 is 0. The number of carbonyl (C=O) groups is 2. The molecule has 0 radical (unpaired) electrons. The zero-order chi connectivity index (χ0) is 21.7. The van der Waals surface area contributed by atoms with E-state index in [0.717, 1.165) is 24.1 Å².